The van der Waals surface area contributed by atoms with Crippen molar-refractivity contribution in [3.05, 3.63) is 17.6 Å². The van der Waals surface area contributed by atoms with Crippen LogP contribution in [-0.4, -0.2) is 55.8 Å². The van der Waals surface area contributed by atoms with Crippen LogP contribution in [0.4, 0.5) is 5.82 Å². The summed E-state index contributed by atoms with van der Waals surface area (Å²) in [6.07, 6.45) is -0.0624. The van der Waals surface area contributed by atoms with E-state index in [1.165, 1.54) is 0 Å². The van der Waals surface area contributed by atoms with E-state index < -0.39 is 0 Å². The smallest absolute Gasteiger partial charge is 0.161 e. The van der Waals surface area contributed by atoms with E-state index in [0.29, 0.717) is 13.2 Å². The van der Waals surface area contributed by atoms with Crippen LogP contribution in [0.5, 0.6) is 0 Å². The van der Waals surface area contributed by atoms with Crippen molar-refractivity contribution in [3.8, 4) is 0 Å². The lowest BCUT2D eigenvalue weighted by Crippen LogP contribution is -2.36. The Balaban J connectivity index is 2.22. The zero-order chi connectivity index (χ0) is 13.0. The molecule has 1 aliphatic rings. The Labute approximate surface area is 107 Å². The molecule has 0 spiro atoms. The number of likely N-dealkylation sites (N-methyl/N-ethyl adjacent to an activating group) is 1. The minimum absolute atomic E-state index is 0.0624. The van der Waals surface area contributed by atoms with Crippen molar-refractivity contribution in [2.24, 2.45) is 0 Å². The third-order valence-corrected chi connectivity index (χ3v) is 2.90. The molecule has 0 aromatic carbocycles. The summed E-state index contributed by atoms with van der Waals surface area (Å²) in [5, 5.41) is 3.04. The van der Waals surface area contributed by atoms with Gasteiger partial charge in [0, 0.05) is 33.3 Å². The SMILES string of the molecule is CNc1cc(COC)nc(C2CN(C)CCO2)n1. The van der Waals surface area contributed by atoms with Crippen molar-refractivity contribution in [2.45, 2.75) is 12.7 Å². The zero-order valence-corrected chi connectivity index (χ0v) is 11.1. The molecule has 2 rings (SSSR count). The van der Waals surface area contributed by atoms with Crippen molar-refractivity contribution in [2.75, 3.05) is 46.2 Å². The molecule has 1 saturated heterocycles. The van der Waals surface area contributed by atoms with Gasteiger partial charge in [0.15, 0.2) is 5.82 Å². The van der Waals surface area contributed by atoms with Gasteiger partial charge >= 0.3 is 0 Å². The summed E-state index contributed by atoms with van der Waals surface area (Å²) in [7, 11) is 5.58. The van der Waals surface area contributed by atoms with Crippen molar-refractivity contribution in [1.82, 2.24) is 14.9 Å². The van der Waals surface area contributed by atoms with E-state index in [-0.39, 0.29) is 6.10 Å². The van der Waals surface area contributed by atoms with Crippen LogP contribution < -0.4 is 5.32 Å². The molecule has 0 aliphatic carbocycles. The summed E-state index contributed by atoms with van der Waals surface area (Å²) in [4.78, 5) is 11.2. The predicted molar refractivity (Wildman–Crippen MR) is 68.5 cm³/mol. The number of methoxy groups -OCH3 is 1. The Bertz CT molecular complexity index is 400. The van der Waals surface area contributed by atoms with Crippen molar-refractivity contribution in [3.63, 3.8) is 0 Å². The molecule has 1 aliphatic heterocycles. The molecule has 6 nitrogen and oxygen atoms in total. The molecule has 0 amide bonds. The van der Waals surface area contributed by atoms with Crippen LogP contribution in [0.15, 0.2) is 6.07 Å². The fourth-order valence-corrected chi connectivity index (χ4v) is 1.95. The first-order chi connectivity index (χ1) is 8.72. The molecule has 0 radical (unpaired) electrons. The minimum Gasteiger partial charge on any atom is -0.378 e. The summed E-state index contributed by atoms with van der Waals surface area (Å²) in [6, 6.07) is 1.89. The summed E-state index contributed by atoms with van der Waals surface area (Å²) in [5.74, 6) is 1.52. The second kappa shape index (κ2) is 6.08. The third kappa shape index (κ3) is 3.16. The van der Waals surface area contributed by atoms with Gasteiger partial charge in [-0.3, -0.25) is 0 Å². The Morgan fingerprint density at radius 2 is 2.39 bits per heavy atom. The second-order valence-electron chi connectivity index (χ2n) is 4.41. The summed E-state index contributed by atoms with van der Waals surface area (Å²) >= 11 is 0. The fraction of sp³-hybridized carbons (Fsp3) is 0.667. The van der Waals surface area contributed by atoms with Crippen molar-refractivity contribution < 1.29 is 9.47 Å². The average molecular weight is 252 g/mol. The number of hydrogen-bond acceptors (Lipinski definition) is 6. The molecular weight excluding hydrogens is 232 g/mol. The number of rotatable bonds is 4. The monoisotopic (exact) mass is 252 g/mol. The van der Waals surface area contributed by atoms with Gasteiger partial charge < -0.3 is 19.7 Å². The van der Waals surface area contributed by atoms with E-state index in [9.17, 15) is 0 Å². The first-order valence-electron chi connectivity index (χ1n) is 6.07. The van der Waals surface area contributed by atoms with E-state index in [1.807, 2.05) is 13.1 Å². The van der Waals surface area contributed by atoms with Crippen LogP contribution in [-0.2, 0) is 16.1 Å². The molecule has 1 atom stereocenters. The molecule has 0 saturated carbocycles. The van der Waals surface area contributed by atoms with Gasteiger partial charge in [0.1, 0.15) is 11.9 Å². The van der Waals surface area contributed by atoms with E-state index in [4.69, 9.17) is 9.47 Å². The van der Waals surface area contributed by atoms with Gasteiger partial charge in [0.2, 0.25) is 0 Å². The highest BCUT2D eigenvalue weighted by Gasteiger charge is 2.22. The van der Waals surface area contributed by atoms with E-state index in [1.54, 1.807) is 7.11 Å². The standard InChI is InChI=1S/C12H20N4O2/c1-13-11-6-9(8-17-3)14-12(15-11)10-7-16(2)4-5-18-10/h6,10H,4-5,7-8H2,1-3H3,(H,13,14,15). The van der Waals surface area contributed by atoms with Gasteiger partial charge in [-0.25, -0.2) is 9.97 Å². The van der Waals surface area contributed by atoms with Crippen LogP contribution in [0.1, 0.15) is 17.6 Å². The highest BCUT2D eigenvalue weighted by molar-refractivity contribution is 5.35. The second-order valence-corrected chi connectivity index (χ2v) is 4.41. The van der Waals surface area contributed by atoms with Gasteiger partial charge in [0.25, 0.3) is 0 Å². The maximum atomic E-state index is 5.73. The van der Waals surface area contributed by atoms with Crippen molar-refractivity contribution >= 4 is 5.82 Å². The Morgan fingerprint density at radius 1 is 1.56 bits per heavy atom. The summed E-state index contributed by atoms with van der Waals surface area (Å²) in [6.45, 7) is 2.97. The van der Waals surface area contributed by atoms with Crippen LogP contribution in [0.25, 0.3) is 0 Å². The van der Waals surface area contributed by atoms with Gasteiger partial charge in [-0.1, -0.05) is 0 Å². The molecular formula is C12H20N4O2. The third-order valence-electron chi connectivity index (χ3n) is 2.90. The molecule has 1 fully saturated rings. The first kappa shape index (κ1) is 13.2. The summed E-state index contributed by atoms with van der Waals surface area (Å²) < 4.78 is 10.9. The predicted octanol–water partition coefficient (Wildman–Crippen LogP) is 0.668. The Kier molecular flexibility index (Phi) is 4.46. The van der Waals surface area contributed by atoms with Crippen molar-refractivity contribution in [1.29, 1.82) is 0 Å². The number of hydrogen-bond donors (Lipinski definition) is 1. The highest BCUT2D eigenvalue weighted by Crippen LogP contribution is 2.20. The van der Waals surface area contributed by atoms with Crippen LogP contribution >= 0.6 is 0 Å². The highest BCUT2D eigenvalue weighted by atomic mass is 16.5. The molecule has 0 bridgehead atoms. The van der Waals surface area contributed by atoms with Gasteiger partial charge in [-0.15, -0.1) is 0 Å². The maximum Gasteiger partial charge on any atom is 0.161 e. The molecule has 1 N–H and O–H groups in total. The van der Waals surface area contributed by atoms with Crippen LogP contribution in [0.3, 0.4) is 0 Å². The topological polar surface area (TPSA) is 59.5 Å². The van der Waals surface area contributed by atoms with Gasteiger partial charge in [-0.2, -0.15) is 0 Å². The Hall–Kier alpha value is -1.24. The van der Waals surface area contributed by atoms with Crippen LogP contribution in [0.2, 0.25) is 0 Å². The van der Waals surface area contributed by atoms with E-state index in [0.717, 1.165) is 30.4 Å². The van der Waals surface area contributed by atoms with E-state index in [2.05, 4.69) is 27.2 Å². The van der Waals surface area contributed by atoms with Gasteiger partial charge in [0.05, 0.1) is 18.9 Å². The average Bonchev–Trinajstić information content (AvgIpc) is 2.39. The molecule has 1 aromatic rings. The quantitative estimate of drug-likeness (QED) is 0.850. The number of nitrogens with one attached hydrogen (secondary N) is 1. The lowest BCUT2D eigenvalue weighted by molar-refractivity contribution is -0.0256. The van der Waals surface area contributed by atoms with Gasteiger partial charge in [-0.05, 0) is 7.05 Å². The number of aromatic nitrogens is 2. The molecule has 2 heterocycles. The molecule has 1 aromatic heterocycles. The lowest BCUT2D eigenvalue weighted by atomic mass is 10.2. The summed E-state index contributed by atoms with van der Waals surface area (Å²) in [5.41, 5.74) is 0.865. The number of ether oxygens (including phenoxy) is 2. The minimum atomic E-state index is -0.0624. The Morgan fingerprint density at radius 3 is 3.06 bits per heavy atom. The fourth-order valence-electron chi connectivity index (χ4n) is 1.95. The van der Waals surface area contributed by atoms with E-state index >= 15 is 0 Å². The molecule has 100 valence electrons. The normalized spacial score (nSPS) is 20.9. The first-order valence-corrected chi connectivity index (χ1v) is 6.07. The van der Waals surface area contributed by atoms with Crippen LogP contribution in [0, 0.1) is 0 Å². The molecule has 6 heteroatoms. The largest absolute Gasteiger partial charge is 0.378 e. The lowest BCUT2D eigenvalue weighted by Gasteiger charge is -2.29. The molecule has 1 unspecified atom stereocenters. The maximum absolute atomic E-state index is 5.73. The number of anilines is 1. The number of morpholine rings is 1. The zero-order valence-electron chi connectivity index (χ0n) is 11.1. The number of nitrogens with zero attached hydrogens (tertiary/aromatic N) is 3. The molecule has 18 heavy (non-hydrogen) atoms.